The van der Waals surface area contributed by atoms with Crippen molar-refractivity contribution in [3.05, 3.63) is 211 Å². The number of allylic oxidation sites excluding steroid dienone is 4. The fourth-order valence-corrected chi connectivity index (χ4v) is 8.57. The Morgan fingerprint density at radius 3 is 1.35 bits per heavy atom. The van der Waals surface area contributed by atoms with Crippen LogP contribution in [0.15, 0.2) is 215 Å². The van der Waals surface area contributed by atoms with Gasteiger partial charge in [-0.3, -0.25) is 0 Å². The van der Waals surface area contributed by atoms with Crippen molar-refractivity contribution in [3.8, 4) is 33.4 Å². The maximum Gasteiger partial charge on any atom is 0.143 e. The summed E-state index contributed by atoms with van der Waals surface area (Å²) < 4.78 is 12.9. The van der Waals surface area contributed by atoms with Gasteiger partial charge in [-0.1, -0.05) is 158 Å². The smallest absolute Gasteiger partial charge is 0.143 e. The van der Waals surface area contributed by atoms with E-state index in [1.165, 1.54) is 33.5 Å². The molecule has 2 heterocycles. The molecular formula is C54H37NO2. The van der Waals surface area contributed by atoms with Crippen molar-refractivity contribution >= 4 is 60.8 Å². The maximum absolute atomic E-state index is 6.44. The molecule has 11 rings (SSSR count). The largest absolute Gasteiger partial charge is 0.455 e. The van der Waals surface area contributed by atoms with Crippen molar-refractivity contribution in [1.82, 2.24) is 0 Å². The van der Waals surface area contributed by atoms with Gasteiger partial charge in [0.05, 0.1) is 0 Å². The van der Waals surface area contributed by atoms with Crippen molar-refractivity contribution in [2.45, 2.75) is 12.8 Å². The molecule has 10 aromatic rings. The van der Waals surface area contributed by atoms with Crippen molar-refractivity contribution < 1.29 is 8.83 Å². The minimum atomic E-state index is 0.880. The first-order valence-electron chi connectivity index (χ1n) is 19.6. The van der Waals surface area contributed by atoms with E-state index in [-0.39, 0.29) is 0 Å². The van der Waals surface area contributed by atoms with E-state index in [9.17, 15) is 0 Å². The molecule has 0 saturated carbocycles. The third-order valence-corrected chi connectivity index (χ3v) is 11.5. The second kappa shape index (κ2) is 13.7. The lowest BCUT2D eigenvalue weighted by Gasteiger charge is -2.30. The van der Waals surface area contributed by atoms with Gasteiger partial charge in [0.2, 0.25) is 0 Å². The van der Waals surface area contributed by atoms with E-state index < -0.39 is 0 Å². The lowest BCUT2D eigenvalue weighted by molar-refractivity contribution is 0.667. The van der Waals surface area contributed by atoms with Crippen LogP contribution >= 0.6 is 0 Å². The second-order valence-corrected chi connectivity index (χ2v) is 14.8. The van der Waals surface area contributed by atoms with Crippen molar-refractivity contribution in [3.63, 3.8) is 0 Å². The third-order valence-electron chi connectivity index (χ3n) is 11.5. The summed E-state index contributed by atoms with van der Waals surface area (Å²) in [6.45, 7) is 0. The maximum atomic E-state index is 6.44. The van der Waals surface area contributed by atoms with Crippen LogP contribution in [0, 0.1) is 0 Å². The highest BCUT2D eigenvalue weighted by Gasteiger charge is 2.21. The highest BCUT2D eigenvalue weighted by molar-refractivity contribution is 6.10. The Morgan fingerprint density at radius 2 is 0.789 bits per heavy atom. The molecule has 57 heavy (non-hydrogen) atoms. The van der Waals surface area contributed by atoms with Crippen LogP contribution < -0.4 is 4.90 Å². The van der Waals surface area contributed by atoms with Crippen LogP contribution in [0.2, 0.25) is 0 Å². The molecule has 0 aliphatic heterocycles. The van der Waals surface area contributed by atoms with Gasteiger partial charge in [0.25, 0.3) is 0 Å². The number of furan rings is 2. The molecule has 1 aliphatic carbocycles. The zero-order valence-corrected chi connectivity index (χ0v) is 31.2. The topological polar surface area (TPSA) is 29.5 Å². The summed E-state index contributed by atoms with van der Waals surface area (Å²) in [5, 5.41) is 4.59. The van der Waals surface area contributed by atoms with E-state index in [1.54, 1.807) is 0 Å². The van der Waals surface area contributed by atoms with Gasteiger partial charge >= 0.3 is 0 Å². The number of fused-ring (bicyclic) bond motifs is 6. The Morgan fingerprint density at radius 1 is 0.333 bits per heavy atom. The fraction of sp³-hybridized carbons (Fsp3) is 0.0370. The van der Waals surface area contributed by atoms with Crippen molar-refractivity contribution in [2.24, 2.45) is 0 Å². The minimum Gasteiger partial charge on any atom is -0.455 e. The molecule has 8 aromatic carbocycles. The standard InChI is InChI=1S/C54H37NO2/c1-2-10-36(11-3-1)37-20-22-38(23-21-37)39-24-30-42(31-25-39)55(43-32-26-40(27-33-43)45-14-8-16-49-47-12-4-6-18-51(47)56-53(45)49)44-34-28-41(29-35-44)46-15-9-17-50-48-13-5-7-19-52(48)57-54(46)50/h1-28,30-34H,29,35H2. The lowest BCUT2D eigenvalue weighted by Crippen LogP contribution is -2.17. The van der Waals surface area contributed by atoms with E-state index in [0.29, 0.717) is 0 Å². The predicted molar refractivity (Wildman–Crippen MR) is 238 cm³/mol. The second-order valence-electron chi connectivity index (χ2n) is 14.8. The number of para-hydroxylation sites is 4. The molecule has 0 N–H and O–H groups in total. The minimum absolute atomic E-state index is 0.880. The number of hydrogen-bond acceptors (Lipinski definition) is 3. The molecule has 0 amide bonds. The van der Waals surface area contributed by atoms with Gasteiger partial charge in [0.1, 0.15) is 22.3 Å². The highest BCUT2D eigenvalue weighted by Crippen LogP contribution is 2.42. The first kappa shape index (κ1) is 33.0. The number of rotatable bonds is 7. The summed E-state index contributed by atoms with van der Waals surface area (Å²) in [4.78, 5) is 2.41. The number of hydrogen-bond donors (Lipinski definition) is 0. The summed E-state index contributed by atoms with van der Waals surface area (Å²) >= 11 is 0. The Labute approximate surface area is 331 Å². The van der Waals surface area contributed by atoms with Crippen LogP contribution in [0.4, 0.5) is 11.4 Å². The molecule has 0 atom stereocenters. The van der Waals surface area contributed by atoms with Gasteiger partial charge in [-0.15, -0.1) is 0 Å². The van der Waals surface area contributed by atoms with E-state index in [2.05, 4.69) is 187 Å². The van der Waals surface area contributed by atoms with Gasteiger partial charge in [0.15, 0.2) is 0 Å². The quantitative estimate of drug-likeness (QED) is 0.163. The highest BCUT2D eigenvalue weighted by atomic mass is 16.3. The molecule has 0 bridgehead atoms. The first-order valence-corrected chi connectivity index (χ1v) is 19.6. The van der Waals surface area contributed by atoms with Gasteiger partial charge < -0.3 is 13.7 Å². The Bertz CT molecular complexity index is 3140. The SMILES string of the molecule is C1=C(c2cccc3c2oc2ccccc23)CCC(N(c2ccc(-c3ccc(-c4ccccc4)cc3)cc2)c2ccc(-c3cccc4c3oc3ccccc34)cc2)=C1. The first-order chi connectivity index (χ1) is 28.2. The molecule has 0 saturated heterocycles. The molecule has 270 valence electrons. The van der Waals surface area contributed by atoms with Crippen LogP contribution in [-0.4, -0.2) is 0 Å². The molecule has 1 aliphatic rings. The van der Waals surface area contributed by atoms with E-state index in [0.717, 1.165) is 84.8 Å². The van der Waals surface area contributed by atoms with E-state index in [1.807, 2.05) is 18.2 Å². The van der Waals surface area contributed by atoms with Gasteiger partial charge in [-0.2, -0.15) is 0 Å². The van der Waals surface area contributed by atoms with Crippen molar-refractivity contribution in [1.29, 1.82) is 0 Å². The molecule has 0 fully saturated rings. The van der Waals surface area contributed by atoms with Crippen LogP contribution in [-0.2, 0) is 0 Å². The Kier molecular flexibility index (Phi) is 7.96. The van der Waals surface area contributed by atoms with E-state index >= 15 is 0 Å². The molecule has 3 heteroatoms. The molecule has 0 radical (unpaired) electrons. The third kappa shape index (κ3) is 5.84. The average Bonchev–Trinajstić information content (AvgIpc) is 3.87. The normalized spacial score (nSPS) is 13.0. The summed E-state index contributed by atoms with van der Waals surface area (Å²) in [7, 11) is 0. The van der Waals surface area contributed by atoms with Crippen LogP contribution in [0.3, 0.4) is 0 Å². The molecule has 0 spiro atoms. The zero-order chi connectivity index (χ0) is 37.7. The number of anilines is 2. The average molecular weight is 732 g/mol. The zero-order valence-electron chi connectivity index (χ0n) is 31.2. The molecule has 0 unspecified atom stereocenters. The molecular weight excluding hydrogens is 695 g/mol. The fourth-order valence-electron chi connectivity index (χ4n) is 8.57. The Balaban J connectivity index is 0.967. The summed E-state index contributed by atoms with van der Waals surface area (Å²) in [6.07, 6.45) is 6.36. The predicted octanol–water partition coefficient (Wildman–Crippen LogP) is 15.4. The number of nitrogens with zero attached hydrogens (tertiary/aromatic N) is 1. The lowest BCUT2D eigenvalue weighted by atomic mass is 9.93. The molecule has 3 nitrogen and oxygen atoms in total. The van der Waals surface area contributed by atoms with Crippen molar-refractivity contribution in [2.75, 3.05) is 4.90 Å². The van der Waals surface area contributed by atoms with Gasteiger partial charge in [-0.25, -0.2) is 0 Å². The Hall–Kier alpha value is -7.36. The molecule has 2 aromatic heterocycles. The number of benzene rings is 8. The van der Waals surface area contributed by atoms with Gasteiger partial charge in [0, 0.05) is 49.7 Å². The van der Waals surface area contributed by atoms with Crippen LogP contribution in [0.1, 0.15) is 18.4 Å². The van der Waals surface area contributed by atoms with Crippen LogP contribution in [0.25, 0.3) is 82.8 Å². The van der Waals surface area contributed by atoms with E-state index in [4.69, 9.17) is 8.83 Å². The van der Waals surface area contributed by atoms with Gasteiger partial charge in [-0.05, 0) is 88.7 Å². The summed E-state index contributed by atoms with van der Waals surface area (Å²) in [5.74, 6) is 0. The summed E-state index contributed by atoms with van der Waals surface area (Å²) in [6, 6.07) is 66.8. The summed E-state index contributed by atoms with van der Waals surface area (Å²) in [5.41, 5.74) is 16.7. The van der Waals surface area contributed by atoms with Crippen LogP contribution in [0.5, 0.6) is 0 Å². The monoisotopic (exact) mass is 731 g/mol.